The van der Waals surface area contributed by atoms with E-state index in [0.717, 1.165) is 25.7 Å². The molecule has 0 rings (SSSR count). The summed E-state index contributed by atoms with van der Waals surface area (Å²) in [5.41, 5.74) is 0. The fourth-order valence-electron chi connectivity index (χ4n) is 6.83. The molecule has 0 aromatic rings. The fraction of sp³-hybridized carbons (Fsp3) is 0.976. The smallest absolute Gasteiger partial charge is 0.220 e. The third-order valence-electron chi connectivity index (χ3n) is 10.1. The number of nitrogens with one attached hydrogen (secondary N) is 1. The first-order valence-corrected chi connectivity index (χ1v) is 21.2. The Balaban J connectivity index is 3.43. The Labute approximate surface area is 289 Å². The van der Waals surface area contributed by atoms with E-state index in [-0.39, 0.29) is 12.5 Å². The molecular weight excluding hydrogens is 566 g/mol. The van der Waals surface area contributed by atoms with E-state index in [9.17, 15) is 15.0 Å². The molecule has 0 bridgehead atoms. The Morgan fingerprint density at radius 2 is 0.696 bits per heavy atom. The van der Waals surface area contributed by atoms with E-state index in [1.807, 2.05) is 0 Å². The topological polar surface area (TPSA) is 69.6 Å². The molecule has 1 amide bonds. The van der Waals surface area contributed by atoms with Crippen LogP contribution in [-0.2, 0) is 4.79 Å². The number of hydrogen-bond donors (Lipinski definition) is 3. The summed E-state index contributed by atoms with van der Waals surface area (Å²) in [5.74, 6) is -0.0293. The molecule has 0 aliphatic carbocycles. The van der Waals surface area contributed by atoms with Crippen LogP contribution in [0.1, 0.15) is 245 Å². The van der Waals surface area contributed by atoms with Gasteiger partial charge in [-0.05, 0) is 12.8 Å². The van der Waals surface area contributed by atoms with Crippen molar-refractivity contribution in [1.82, 2.24) is 5.32 Å². The maximum absolute atomic E-state index is 12.3. The second kappa shape index (κ2) is 38.8. The fourth-order valence-corrected chi connectivity index (χ4v) is 6.83. The Morgan fingerprint density at radius 1 is 0.435 bits per heavy atom. The van der Waals surface area contributed by atoms with Gasteiger partial charge in [0.25, 0.3) is 0 Å². The van der Waals surface area contributed by atoms with Gasteiger partial charge in [-0.15, -0.1) is 0 Å². The van der Waals surface area contributed by atoms with Gasteiger partial charge in [-0.25, -0.2) is 0 Å². The second-order valence-electron chi connectivity index (χ2n) is 14.8. The Bertz CT molecular complexity index is 583. The first kappa shape index (κ1) is 45.4. The highest BCUT2D eigenvalue weighted by molar-refractivity contribution is 5.76. The maximum Gasteiger partial charge on any atom is 0.220 e. The highest BCUT2D eigenvalue weighted by Crippen LogP contribution is 2.17. The van der Waals surface area contributed by atoms with Gasteiger partial charge in [-0.2, -0.15) is 0 Å². The molecule has 3 N–H and O–H groups in total. The lowest BCUT2D eigenvalue weighted by Crippen LogP contribution is -2.45. The van der Waals surface area contributed by atoms with E-state index in [1.165, 1.54) is 193 Å². The van der Waals surface area contributed by atoms with E-state index in [1.54, 1.807) is 0 Å². The Hall–Kier alpha value is -0.610. The number of unbranched alkanes of at least 4 members (excludes halogenated alkanes) is 32. The normalized spacial score (nSPS) is 12.9. The first-order chi connectivity index (χ1) is 22.7. The van der Waals surface area contributed by atoms with Crippen molar-refractivity contribution in [3.05, 3.63) is 0 Å². The van der Waals surface area contributed by atoms with Gasteiger partial charge in [0.1, 0.15) is 0 Å². The summed E-state index contributed by atoms with van der Waals surface area (Å²) in [5, 5.41) is 23.1. The lowest BCUT2D eigenvalue weighted by molar-refractivity contribution is -0.123. The van der Waals surface area contributed by atoms with E-state index < -0.39 is 12.1 Å². The van der Waals surface area contributed by atoms with Crippen LogP contribution in [0.25, 0.3) is 0 Å². The largest absolute Gasteiger partial charge is 0.394 e. The zero-order valence-electron chi connectivity index (χ0n) is 31.6. The lowest BCUT2D eigenvalue weighted by atomic mass is 10.0. The van der Waals surface area contributed by atoms with E-state index >= 15 is 0 Å². The zero-order chi connectivity index (χ0) is 33.6. The Morgan fingerprint density at radius 3 is 0.978 bits per heavy atom. The van der Waals surface area contributed by atoms with E-state index in [0.29, 0.717) is 12.8 Å². The van der Waals surface area contributed by atoms with Gasteiger partial charge in [0.05, 0.1) is 18.8 Å². The average molecular weight is 652 g/mol. The predicted molar refractivity (Wildman–Crippen MR) is 203 cm³/mol. The molecule has 2 unspecified atom stereocenters. The van der Waals surface area contributed by atoms with Gasteiger partial charge >= 0.3 is 0 Å². The molecule has 0 aliphatic rings. The van der Waals surface area contributed by atoms with Crippen LogP contribution in [-0.4, -0.2) is 34.9 Å². The van der Waals surface area contributed by atoms with Gasteiger partial charge in [-0.1, -0.05) is 226 Å². The van der Waals surface area contributed by atoms with Crippen molar-refractivity contribution >= 4 is 5.91 Å². The standard InChI is InChI=1S/C42H85NO3/c1-3-5-7-9-11-13-15-16-17-18-19-20-21-22-23-24-25-26-28-29-31-33-35-37-41(45)40(39-44)43-42(46)38-36-34-32-30-27-14-12-10-8-6-4-2/h40-41,44-45H,3-39H2,1-2H3,(H,43,46). The van der Waals surface area contributed by atoms with Crippen LogP contribution in [0.15, 0.2) is 0 Å². The number of carbonyl (C=O) groups excluding carboxylic acids is 1. The van der Waals surface area contributed by atoms with Crippen molar-refractivity contribution in [1.29, 1.82) is 0 Å². The van der Waals surface area contributed by atoms with Crippen LogP contribution in [0.4, 0.5) is 0 Å². The number of aliphatic hydroxyl groups is 2. The van der Waals surface area contributed by atoms with Crippen molar-refractivity contribution in [2.45, 2.75) is 257 Å². The quantitative estimate of drug-likeness (QED) is 0.0579. The number of hydrogen-bond acceptors (Lipinski definition) is 3. The van der Waals surface area contributed by atoms with Crippen LogP contribution in [0, 0.1) is 0 Å². The first-order valence-electron chi connectivity index (χ1n) is 21.2. The summed E-state index contributed by atoms with van der Waals surface area (Å²) in [7, 11) is 0. The summed E-state index contributed by atoms with van der Waals surface area (Å²) < 4.78 is 0. The lowest BCUT2D eigenvalue weighted by Gasteiger charge is -2.22. The third kappa shape index (κ3) is 34.7. The Kier molecular flexibility index (Phi) is 38.3. The number of amides is 1. The summed E-state index contributed by atoms with van der Waals surface area (Å²) in [4.78, 5) is 12.3. The third-order valence-corrected chi connectivity index (χ3v) is 10.1. The van der Waals surface area contributed by atoms with Crippen LogP contribution in [0.2, 0.25) is 0 Å². The van der Waals surface area contributed by atoms with Gasteiger partial charge in [0.2, 0.25) is 5.91 Å². The molecule has 0 heterocycles. The second-order valence-corrected chi connectivity index (χ2v) is 14.8. The molecule has 46 heavy (non-hydrogen) atoms. The molecular formula is C42H85NO3. The maximum atomic E-state index is 12.3. The monoisotopic (exact) mass is 652 g/mol. The molecule has 276 valence electrons. The molecule has 0 fully saturated rings. The molecule has 2 atom stereocenters. The molecule has 0 aromatic heterocycles. The van der Waals surface area contributed by atoms with Gasteiger partial charge < -0.3 is 15.5 Å². The molecule has 0 radical (unpaired) electrons. The van der Waals surface area contributed by atoms with Gasteiger partial charge in [0.15, 0.2) is 0 Å². The molecule has 0 saturated heterocycles. The van der Waals surface area contributed by atoms with Crippen molar-refractivity contribution in [3.63, 3.8) is 0 Å². The minimum atomic E-state index is -0.652. The van der Waals surface area contributed by atoms with Crippen molar-refractivity contribution < 1.29 is 15.0 Å². The zero-order valence-corrected chi connectivity index (χ0v) is 31.6. The highest BCUT2D eigenvalue weighted by atomic mass is 16.3. The van der Waals surface area contributed by atoms with E-state index in [2.05, 4.69) is 19.2 Å². The summed E-state index contributed by atoms with van der Waals surface area (Å²) in [6, 6.07) is -0.528. The number of aliphatic hydroxyl groups excluding tert-OH is 2. The van der Waals surface area contributed by atoms with Crippen molar-refractivity contribution in [2.75, 3.05) is 6.61 Å². The summed E-state index contributed by atoms with van der Waals surface area (Å²) in [6.45, 7) is 4.37. The molecule has 0 aliphatic heterocycles. The minimum absolute atomic E-state index is 0.0293. The molecule has 0 saturated carbocycles. The molecule has 0 spiro atoms. The highest BCUT2D eigenvalue weighted by Gasteiger charge is 2.20. The van der Waals surface area contributed by atoms with Crippen molar-refractivity contribution in [2.24, 2.45) is 0 Å². The summed E-state index contributed by atoms with van der Waals surface area (Å²) in [6.07, 6.45) is 46.1. The van der Waals surface area contributed by atoms with Gasteiger partial charge in [0, 0.05) is 6.42 Å². The predicted octanol–water partition coefficient (Wildman–Crippen LogP) is 12.9. The number of carbonyl (C=O) groups is 1. The van der Waals surface area contributed by atoms with Crippen LogP contribution in [0.3, 0.4) is 0 Å². The van der Waals surface area contributed by atoms with Crippen LogP contribution in [0.5, 0.6) is 0 Å². The average Bonchev–Trinajstić information content (AvgIpc) is 3.06. The SMILES string of the molecule is CCCCCCCCCCCCCCCCCCCCCCCCCC(O)C(CO)NC(=O)CCCCCCCCCCCCC. The molecule has 4 nitrogen and oxygen atoms in total. The summed E-state index contributed by atoms with van der Waals surface area (Å²) >= 11 is 0. The minimum Gasteiger partial charge on any atom is -0.394 e. The number of rotatable bonds is 39. The van der Waals surface area contributed by atoms with Crippen molar-refractivity contribution in [3.8, 4) is 0 Å². The van der Waals surface area contributed by atoms with Crippen LogP contribution < -0.4 is 5.32 Å². The van der Waals surface area contributed by atoms with Gasteiger partial charge in [-0.3, -0.25) is 4.79 Å². The van der Waals surface area contributed by atoms with Crippen LogP contribution >= 0.6 is 0 Å². The molecule has 0 aromatic carbocycles. The van der Waals surface area contributed by atoms with E-state index in [4.69, 9.17) is 0 Å². The molecule has 4 heteroatoms.